The van der Waals surface area contributed by atoms with Gasteiger partial charge in [-0.25, -0.2) is 4.98 Å². The van der Waals surface area contributed by atoms with Crippen LogP contribution in [-0.2, 0) is 0 Å². The number of benzene rings is 1. The molecule has 6 heteroatoms. The molecule has 0 fully saturated rings. The van der Waals surface area contributed by atoms with Gasteiger partial charge in [0.2, 0.25) is 5.95 Å². The van der Waals surface area contributed by atoms with Crippen LogP contribution in [0.15, 0.2) is 40.3 Å². The van der Waals surface area contributed by atoms with Gasteiger partial charge in [0, 0.05) is 23.1 Å². The molecule has 0 bridgehead atoms. The second kappa shape index (κ2) is 6.41. The summed E-state index contributed by atoms with van der Waals surface area (Å²) in [5.74, 6) is 1.40. The van der Waals surface area contributed by atoms with Gasteiger partial charge < -0.3 is 10.6 Å². The molecular weight excluding hydrogens is 348 g/mol. The molecule has 0 unspecified atom stereocenters. The maximum absolute atomic E-state index is 4.50. The maximum atomic E-state index is 4.50. The zero-order chi connectivity index (χ0) is 14.7. The Labute approximate surface area is 135 Å². The summed E-state index contributed by atoms with van der Waals surface area (Å²) in [5, 5.41) is 9.86. The lowest BCUT2D eigenvalue weighted by molar-refractivity contribution is 0.952. The molecule has 2 aromatic heterocycles. The predicted octanol–water partition coefficient (Wildman–Crippen LogP) is 5.02. The van der Waals surface area contributed by atoms with Crippen LogP contribution >= 0.6 is 27.3 Å². The molecule has 0 saturated carbocycles. The average Bonchev–Trinajstić information content (AvgIpc) is 2.95. The number of hydrogen-bond acceptors (Lipinski definition) is 5. The highest BCUT2D eigenvalue weighted by Crippen LogP contribution is 2.28. The Morgan fingerprint density at radius 2 is 2.19 bits per heavy atom. The van der Waals surface area contributed by atoms with Gasteiger partial charge >= 0.3 is 0 Å². The first-order chi connectivity index (χ1) is 10.3. The van der Waals surface area contributed by atoms with Gasteiger partial charge in [-0.15, -0.1) is 11.3 Å². The van der Waals surface area contributed by atoms with E-state index >= 15 is 0 Å². The lowest BCUT2D eigenvalue weighted by Crippen LogP contribution is -2.06. The number of nitrogens with one attached hydrogen (secondary N) is 2. The molecule has 1 aromatic carbocycles. The maximum Gasteiger partial charge on any atom is 0.224 e. The van der Waals surface area contributed by atoms with Gasteiger partial charge in [0.25, 0.3) is 0 Å². The topological polar surface area (TPSA) is 49.8 Å². The number of hydrogen-bond donors (Lipinski definition) is 2. The molecule has 3 aromatic rings. The number of fused-ring (bicyclic) bond motifs is 1. The number of aromatic nitrogens is 2. The van der Waals surface area contributed by atoms with Gasteiger partial charge in [-0.2, -0.15) is 4.98 Å². The second-order valence-electron chi connectivity index (χ2n) is 4.62. The van der Waals surface area contributed by atoms with Crippen LogP contribution in [0.3, 0.4) is 0 Å². The van der Waals surface area contributed by atoms with E-state index in [1.165, 1.54) is 10.1 Å². The standard InChI is InChI=1S/C15H15BrN4S/c1-2-6-17-15-18-9-12(16)14(20-15)19-11-3-4-13-10(8-11)5-7-21-13/h3-5,7-9H,2,6H2,1H3,(H2,17,18,19,20). The van der Waals surface area contributed by atoms with Crippen LogP contribution < -0.4 is 10.6 Å². The summed E-state index contributed by atoms with van der Waals surface area (Å²) in [5.41, 5.74) is 1.02. The van der Waals surface area contributed by atoms with Crippen molar-refractivity contribution in [3.05, 3.63) is 40.3 Å². The molecule has 0 atom stereocenters. The minimum atomic E-state index is 0.638. The molecule has 0 aliphatic heterocycles. The van der Waals surface area contributed by atoms with Crippen molar-refractivity contribution in [3.8, 4) is 0 Å². The first-order valence-corrected chi connectivity index (χ1v) is 8.44. The van der Waals surface area contributed by atoms with Crippen molar-refractivity contribution >= 4 is 54.8 Å². The van der Waals surface area contributed by atoms with E-state index < -0.39 is 0 Å². The van der Waals surface area contributed by atoms with Crippen LogP contribution in [0.4, 0.5) is 17.5 Å². The fourth-order valence-electron chi connectivity index (χ4n) is 1.96. The van der Waals surface area contributed by atoms with Gasteiger partial charge in [0.05, 0.1) is 4.47 Å². The van der Waals surface area contributed by atoms with E-state index in [4.69, 9.17) is 0 Å². The molecule has 0 saturated heterocycles. The van der Waals surface area contributed by atoms with E-state index in [1.54, 1.807) is 17.5 Å². The smallest absolute Gasteiger partial charge is 0.224 e. The summed E-state index contributed by atoms with van der Waals surface area (Å²) in [6, 6.07) is 8.42. The summed E-state index contributed by atoms with van der Waals surface area (Å²) < 4.78 is 2.13. The third kappa shape index (κ3) is 3.33. The Balaban J connectivity index is 1.85. The van der Waals surface area contributed by atoms with E-state index in [2.05, 4.69) is 73.1 Å². The molecule has 3 rings (SSSR count). The van der Waals surface area contributed by atoms with Crippen molar-refractivity contribution in [1.82, 2.24) is 9.97 Å². The lowest BCUT2D eigenvalue weighted by atomic mass is 10.2. The van der Waals surface area contributed by atoms with Crippen molar-refractivity contribution in [2.45, 2.75) is 13.3 Å². The van der Waals surface area contributed by atoms with Crippen molar-refractivity contribution < 1.29 is 0 Å². The molecule has 2 N–H and O–H groups in total. The quantitative estimate of drug-likeness (QED) is 0.668. The van der Waals surface area contributed by atoms with Gasteiger partial charge in [0.1, 0.15) is 5.82 Å². The first-order valence-electron chi connectivity index (χ1n) is 6.77. The van der Waals surface area contributed by atoms with Crippen molar-refractivity contribution in [2.24, 2.45) is 0 Å². The Kier molecular flexibility index (Phi) is 4.36. The van der Waals surface area contributed by atoms with E-state index in [0.29, 0.717) is 5.95 Å². The summed E-state index contributed by atoms with van der Waals surface area (Å²) in [4.78, 5) is 8.75. The predicted molar refractivity (Wildman–Crippen MR) is 93.6 cm³/mol. The van der Waals surface area contributed by atoms with Crippen LogP contribution in [0.5, 0.6) is 0 Å². The molecule has 21 heavy (non-hydrogen) atoms. The summed E-state index contributed by atoms with van der Waals surface area (Å²) >= 11 is 5.23. The number of anilines is 3. The molecule has 4 nitrogen and oxygen atoms in total. The molecule has 0 spiro atoms. The normalized spacial score (nSPS) is 10.8. The third-order valence-corrected chi connectivity index (χ3v) is 4.47. The minimum absolute atomic E-state index is 0.638. The van der Waals surface area contributed by atoms with Crippen molar-refractivity contribution in [1.29, 1.82) is 0 Å². The number of rotatable bonds is 5. The SMILES string of the molecule is CCCNc1ncc(Br)c(Nc2ccc3sccc3c2)n1. The monoisotopic (exact) mass is 362 g/mol. The zero-order valence-corrected chi connectivity index (χ0v) is 14.0. The Morgan fingerprint density at radius 3 is 3.05 bits per heavy atom. The van der Waals surface area contributed by atoms with Gasteiger partial charge in [-0.05, 0) is 57.4 Å². The van der Waals surface area contributed by atoms with Gasteiger partial charge in [0.15, 0.2) is 0 Å². The number of nitrogens with zero attached hydrogens (tertiary/aromatic N) is 2. The lowest BCUT2D eigenvalue weighted by Gasteiger charge is -2.10. The van der Waals surface area contributed by atoms with E-state index in [-0.39, 0.29) is 0 Å². The first kappa shape index (κ1) is 14.3. The summed E-state index contributed by atoms with van der Waals surface area (Å²) in [7, 11) is 0. The highest BCUT2D eigenvalue weighted by molar-refractivity contribution is 9.10. The van der Waals surface area contributed by atoms with E-state index in [9.17, 15) is 0 Å². The Morgan fingerprint density at radius 1 is 1.29 bits per heavy atom. The van der Waals surface area contributed by atoms with Crippen molar-refractivity contribution in [3.63, 3.8) is 0 Å². The molecule has 0 amide bonds. The van der Waals surface area contributed by atoms with Crippen LogP contribution in [0.25, 0.3) is 10.1 Å². The molecular formula is C15H15BrN4S. The summed E-state index contributed by atoms with van der Waals surface area (Å²) in [6.45, 7) is 2.98. The van der Waals surface area contributed by atoms with E-state index in [1.807, 2.05) is 0 Å². The van der Waals surface area contributed by atoms with Crippen LogP contribution in [0, 0.1) is 0 Å². The van der Waals surface area contributed by atoms with Crippen LogP contribution in [0.1, 0.15) is 13.3 Å². The van der Waals surface area contributed by atoms with Gasteiger partial charge in [-0.1, -0.05) is 6.92 Å². The van der Waals surface area contributed by atoms with Crippen LogP contribution in [-0.4, -0.2) is 16.5 Å². The average molecular weight is 363 g/mol. The molecule has 0 aliphatic carbocycles. The van der Waals surface area contributed by atoms with Crippen LogP contribution in [0.2, 0.25) is 0 Å². The Hall–Kier alpha value is -1.66. The van der Waals surface area contributed by atoms with E-state index in [0.717, 1.165) is 28.9 Å². The van der Waals surface area contributed by atoms with Crippen molar-refractivity contribution in [2.75, 3.05) is 17.2 Å². The number of thiophene rings is 1. The molecule has 0 aliphatic rings. The summed E-state index contributed by atoms with van der Waals surface area (Å²) in [6.07, 6.45) is 2.80. The largest absolute Gasteiger partial charge is 0.354 e. The third-order valence-electron chi connectivity index (χ3n) is 2.99. The molecule has 2 heterocycles. The number of halogens is 1. The highest BCUT2D eigenvalue weighted by Gasteiger charge is 2.06. The second-order valence-corrected chi connectivity index (χ2v) is 6.42. The fraction of sp³-hybridized carbons (Fsp3) is 0.200. The molecule has 0 radical (unpaired) electrons. The van der Waals surface area contributed by atoms with Gasteiger partial charge in [-0.3, -0.25) is 0 Å². The zero-order valence-electron chi connectivity index (χ0n) is 11.6. The minimum Gasteiger partial charge on any atom is -0.354 e. The molecule has 108 valence electrons. The Bertz CT molecular complexity index is 756. The highest BCUT2D eigenvalue weighted by atomic mass is 79.9. The fourth-order valence-corrected chi connectivity index (χ4v) is 3.02.